The lowest BCUT2D eigenvalue weighted by molar-refractivity contribution is -1.01. The standard InChI is InChI=1S/C13H22N2O5/c1-11(2)12(3)7-8(10(19-6)20-9(7)18-5)13(11,4)15(17)14(12)16/h7-10H,1-6H3/t7-,8?,9-,10+,12+,13?/m1/s1. The summed E-state index contributed by atoms with van der Waals surface area (Å²) < 4.78 is 16.6. The molecule has 6 atom stereocenters. The van der Waals surface area contributed by atoms with Crippen LogP contribution in [0.15, 0.2) is 0 Å². The van der Waals surface area contributed by atoms with Gasteiger partial charge < -0.3 is 24.6 Å². The summed E-state index contributed by atoms with van der Waals surface area (Å²) in [5, 5.41) is 25.0. The monoisotopic (exact) mass is 286 g/mol. The van der Waals surface area contributed by atoms with E-state index in [1.807, 2.05) is 27.7 Å². The van der Waals surface area contributed by atoms with E-state index in [4.69, 9.17) is 14.2 Å². The number of rotatable bonds is 2. The molecule has 3 rings (SSSR count). The fourth-order valence-electron chi connectivity index (χ4n) is 4.73. The van der Waals surface area contributed by atoms with E-state index in [0.717, 1.165) is 0 Å². The molecule has 2 unspecified atom stereocenters. The van der Waals surface area contributed by atoms with Gasteiger partial charge in [-0.2, -0.15) is 0 Å². The second kappa shape index (κ2) is 3.64. The molecular weight excluding hydrogens is 264 g/mol. The van der Waals surface area contributed by atoms with Crippen molar-refractivity contribution in [1.29, 1.82) is 0 Å². The number of hydroxylamine groups is 2. The zero-order valence-corrected chi connectivity index (χ0v) is 12.7. The lowest BCUT2D eigenvalue weighted by Crippen LogP contribution is -2.52. The van der Waals surface area contributed by atoms with Gasteiger partial charge in [0.25, 0.3) is 11.1 Å². The molecule has 0 radical (unpaired) electrons. The van der Waals surface area contributed by atoms with Crippen LogP contribution in [0.4, 0.5) is 0 Å². The summed E-state index contributed by atoms with van der Waals surface area (Å²) in [7, 11) is 3.10. The number of nitrogens with zero attached hydrogens (tertiary/aromatic N) is 2. The zero-order valence-electron chi connectivity index (χ0n) is 12.7. The maximum Gasteiger partial charge on any atom is 0.255 e. The highest BCUT2D eigenvalue weighted by atomic mass is 16.8. The van der Waals surface area contributed by atoms with Gasteiger partial charge in [-0.15, -0.1) is 0 Å². The number of azo groups is 1. The summed E-state index contributed by atoms with van der Waals surface area (Å²) in [6.45, 7) is 7.59. The Kier molecular flexibility index (Phi) is 2.55. The van der Waals surface area contributed by atoms with E-state index in [9.17, 15) is 10.4 Å². The largest absolute Gasteiger partial charge is 0.567 e. The summed E-state index contributed by atoms with van der Waals surface area (Å²) in [5.74, 6) is -0.416. The lowest BCUT2D eigenvalue weighted by atomic mass is 9.67. The Morgan fingerprint density at radius 2 is 1.20 bits per heavy atom. The minimum Gasteiger partial charge on any atom is -0.567 e. The Bertz CT molecular complexity index is 453. The van der Waals surface area contributed by atoms with Gasteiger partial charge >= 0.3 is 0 Å². The van der Waals surface area contributed by atoms with Crippen molar-refractivity contribution in [3.8, 4) is 0 Å². The van der Waals surface area contributed by atoms with Gasteiger partial charge in [0, 0.05) is 37.8 Å². The molecule has 114 valence electrons. The molecule has 1 saturated heterocycles. The smallest absolute Gasteiger partial charge is 0.255 e. The van der Waals surface area contributed by atoms with Crippen LogP contribution in [0.3, 0.4) is 0 Å². The van der Waals surface area contributed by atoms with Gasteiger partial charge in [0.15, 0.2) is 12.6 Å². The first-order chi connectivity index (χ1) is 9.19. The third-order valence-electron chi connectivity index (χ3n) is 6.49. The van der Waals surface area contributed by atoms with Crippen LogP contribution in [0.1, 0.15) is 27.7 Å². The van der Waals surface area contributed by atoms with Crippen LogP contribution in [-0.2, 0) is 14.2 Å². The highest BCUT2D eigenvalue weighted by Crippen LogP contribution is 2.69. The Morgan fingerprint density at radius 1 is 0.850 bits per heavy atom. The van der Waals surface area contributed by atoms with Crippen molar-refractivity contribution in [1.82, 2.24) is 0 Å². The molecular formula is C13H22N2O5. The predicted molar refractivity (Wildman–Crippen MR) is 67.5 cm³/mol. The van der Waals surface area contributed by atoms with Crippen LogP contribution in [0, 0.1) is 27.7 Å². The molecule has 3 aliphatic rings. The Hall–Kier alpha value is -0.920. The minimum absolute atomic E-state index is 0.208. The molecule has 2 bridgehead atoms. The van der Waals surface area contributed by atoms with Gasteiger partial charge in [0.05, 0.1) is 11.8 Å². The van der Waals surface area contributed by atoms with Gasteiger partial charge in [-0.25, -0.2) is 0 Å². The van der Waals surface area contributed by atoms with E-state index in [-0.39, 0.29) is 11.8 Å². The van der Waals surface area contributed by atoms with Gasteiger partial charge in [0.1, 0.15) is 5.41 Å². The van der Waals surface area contributed by atoms with Crippen molar-refractivity contribution < 1.29 is 23.9 Å². The van der Waals surface area contributed by atoms with Crippen LogP contribution in [-0.4, -0.2) is 47.6 Å². The number of methoxy groups -OCH3 is 2. The van der Waals surface area contributed by atoms with Crippen LogP contribution >= 0.6 is 0 Å². The number of fused-ring (bicyclic) bond motifs is 5. The molecule has 7 heteroatoms. The van der Waals surface area contributed by atoms with Crippen LogP contribution in [0.25, 0.3) is 0 Å². The number of hydrogen-bond acceptors (Lipinski definition) is 5. The molecule has 0 amide bonds. The molecule has 0 aromatic carbocycles. The van der Waals surface area contributed by atoms with E-state index < -0.39 is 29.1 Å². The van der Waals surface area contributed by atoms with Gasteiger partial charge in [0.2, 0.25) is 0 Å². The maximum atomic E-state index is 12.5. The number of ether oxygens (including phenoxy) is 3. The molecule has 0 N–H and O–H groups in total. The maximum absolute atomic E-state index is 12.5. The molecule has 0 aromatic heterocycles. The van der Waals surface area contributed by atoms with E-state index in [2.05, 4.69) is 0 Å². The van der Waals surface area contributed by atoms with Gasteiger partial charge in [-0.3, -0.25) is 0 Å². The summed E-state index contributed by atoms with van der Waals surface area (Å²) in [6.07, 6.45) is -1.08. The van der Waals surface area contributed by atoms with Crippen LogP contribution < -0.4 is 0 Å². The van der Waals surface area contributed by atoms with Gasteiger partial charge in [-0.05, 0) is 13.8 Å². The van der Waals surface area contributed by atoms with Crippen LogP contribution in [0.2, 0.25) is 0 Å². The SMILES string of the molecule is CO[C@H]1O[C@@H](OC)[C@H]2C1C1(C)[N+]([O-])=[N+]([O-])[C@]2(C)C1(C)C. The third-order valence-corrected chi connectivity index (χ3v) is 6.49. The second-order valence-corrected chi connectivity index (χ2v) is 6.86. The van der Waals surface area contributed by atoms with E-state index in [1.54, 1.807) is 14.2 Å². The zero-order chi connectivity index (χ0) is 15.1. The molecule has 7 nitrogen and oxygen atoms in total. The average Bonchev–Trinajstić information content (AvgIpc) is 2.89. The topological polar surface area (TPSA) is 79.8 Å². The molecule has 2 aliphatic heterocycles. The first kappa shape index (κ1) is 14.0. The van der Waals surface area contributed by atoms with E-state index in [1.165, 1.54) is 0 Å². The summed E-state index contributed by atoms with van der Waals surface area (Å²) in [4.78, 5) is 1.14. The Balaban J connectivity index is 2.24. The molecule has 0 spiro atoms. The molecule has 1 aliphatic carbocycles. The summed E-state index contributed by atoms with van der Waals surface area (Å²) in [6, 6.07) is 0. The van der Waals surface area contributed by atoms with Crippen molar-refractivity contribution >= 4 is 0 Å². The van der Waals surface area contributed by atoms with Crippen molar-refractivity contribution in [2.75, 3.05) is 14.2 Å². The lowest BCUT2D eigenvalue weighted by Gasteiger charge is -2.32. The second-order valence-electron chi connectivity index (χ2n) is 6.86. The molecule has 2 heterocycles. The van der Waals surface area contributed by atoms with Crippen molar-refractivity contribution in [3.63, 3.8) is 0 Å². The molecule has 1 saturated carbocycles. The quantitative estimate of drug-likeness (QED) is 0.563. The molecule has 20 heavy (non-hydrogen) atoms. The predicted octanol–water partition coefficient (Wildman–Crippen LogP) is 1.24. The minimum atomic E-state index is -0.887. The van der Waals surface area contributed by atoms with E-state index >= 15 is 0 Å². The van der Waals surface area contributed by atoms with E-state index in [0.29, 0.717) is 9.72 Å². The summed E-state index contributed by atoms with van der Waals surface area (Å²) in [5.41, 5.74) is -2.29. The first-order valence-electron chi connectivity index (χ1n) is 6.85. The van der Waals surface area contributed by atoms with Crippen LogP contribution in [0.5, 0.6) is 0 Å². The van der Waals surface area contributed by atoms with Crippen molar-refractivity contribution in [2.24, 2.45) is 17.3 Å². The number of hydrogen-bond donors (Lipinski definition) is 0. The summed E-state index contributed by atoms with van der Waals surface area (Å²) >= 11 is 0. The molecule has 2 fully saturated rings. The highest BCUT2D eigenvalue weighted by Gasteiger charge is 2.91. The molecule has 0 aromatic rings. The van der Waals surface area contributed by atoms with Crippen molar-refractivity contribution in [2.45, 2.75) is 51.4 Å². The Labute approximate surface area is 118 Å². The van der Waals surface area contributed by atoms with Crippen molar-refractivity contribution in [3.05, 3.63) is 10.4 Å². The normalized spacial score (nSPS) is 52.7. The first-order valence-corrected chi connectivity index (χ1v) is 6.85. The Morgan fingerprint density at radius 3 is 1.50 bits per heavy atom. The average molecular weight is 286 g/mol. The highest BCUT2D eigenvalue weighted by molar-refractivity contribution is 5.21. The van der Waals surface area contributed by atoms with Gasteiger partial charge in [-0.1, -0.05) is 0 Å². The fourth-order valence-corrected chi connectivity index (χ4v) is 4.73. The third kappa shape index (κ3) is 1.04. The fraction of sp³-hybridized carbons (Fsp3) is 1.00.